The van der Waals surface area contributed by atoms with Gasteiger partial charge in [0.1, 0.15) is 0 Å². The van der Waals surface area contributed by atoms with Gasteiger partial charge in [-0.15, -0.1) is 0 Å². The van der Waals surface area contributed by atoms with Gasteiger partial charge in [-0.25, -0.2) is 4.79 Å². The van der Waals surface area contributed by atoms with E-state index in [2.05, 4.69) is 5.32 Å². The lowest BCUT2D eigenvalue weighted by molar-refractivity contribution is -0.148. The molecule has 0 saturated carbocycles. The molecule has 1 aromatic heterocycles. The van der Waals surface area contributed by atoms with Crippen LogP contribution in [-0.2, 0) is 15.1 Å². The highest BCUT2D eigenvalue weighted by Crippen LogP contribution is 2.27. The average molecular weight is 317 g/mol. The van der Waals surface area contributed by atoms with Crippen LogP contribution in [0.1, 0.15) is 37.3 Å². The van der Waals surface area contributed by atoms with Crippen LogP contribution >= 0.6 is 11.3 Å². The van der Waals surface area contributed by atoms with Crippen LogP contribution in [-0.4, -0.2) is 17.0 Å². The number of amides is 1. The number of nitrogens with one attached hydrogen (secondary N) is 1. The van der Waals surface area contributed by atoms with Crippen molar-refractivity contribution in [3.63, 3.8) is 0 Å². The molecule has 2 unspecified atom stereocenters. The van der Waals surface area contributed by atoms with Crippen molar-refractivity contribution in [2.24, 2.45) is 0 Å². The summed E-state index contributed by atoms with van der Waals surface area (Å²) < 4.78 is 0. The molecule has 2 atom stereocenters. The Morgan fingerprint density at radius 3 is 2.45 bits per heavy atom. The van der Waals surface area contributed by atoms with Crippen LogP contribution < -0.4 is 5.32 Å². The molecule has 1 amide bonds. The summed E-state index contributed by atoms with van der Waals surface area (Å²) >= 11 is 1.52. The topological polar surface area (TPSA) is 66.4 Å². The van der Waals surface area contributed by atoms with Crippen molar-refractivity contribution < 1.29 is 14.7 Å². The molecule has 0 fully saturated rings. The SMILES string of the molecule is CCC(NC(=O)C(C)c1ccsc1)(C(=O)O)c1ccccc1. The zero-order valence-corrected chi connectivity index (χ0v) is 13.4. The van der Waals surface area contributed by atoms with Crippen molar-refractivity contribution in [2.75, 3.05) is 0 Å². The maximum absolute atomic E-state index is 12.5. The first-order valence-corrected chi connectivity index (χ1v) is 8.08. The summed E-state index contributed by atoms with van der Waals surface area (Å²) in [5.74, 6) is -1.72. The Balaban J connectivity index is 2.32. The van der Waals surface area contributed by atoms with Crippen molar-refractivity contribution in [1.82, 2.24) is 5.32 Å². The third kappa shape index (κ3) is 3.04. The van der Waals surface area contributed by atoms with Gasteiger partial charge in [0.25, 0.3) is 0 Å². The lowest BCUT2D eigenvalue weighted by atomic mass is 9.86. The zero-order valence-electron chi connectivity index (χ0n) is 12.6. The highest BCUT2D eigenvalue weighted by Gasteiger charge is 2.41. The molecule has 116 valence electrons. The van der Waals surface area contributed by atoms with Gasteiger partial charge in [-0.2, -0.15) is 11.3 Å². The van der Waals surface area contributed by atoms with E-state index in [9.17, 15) is 14.7 Å². The Morgan fingerprint density at radius 1 is 1.27 bits per heavy atom. The largest absolute Gasteiger partial charge is 0.479 e. The van der Waals surface area contributed by atoms with E-state index in [0.717, 1.165) is 5.56 Å². The molecule has 2 rings (SSSR count). The van der Waals surface area contributed by atoms with E-state index in [1.54, 1.807) is 38.1 Å². The number of hydrogen-bond acceptors (Lipinski definition) is 3. The van der Waals surface area contributed by atoms with Crippen LogP contribution in [0.2, 0.25) is 0 Å². The fourth-order valence-corrected chi connectivity index (χ4v) is 3.16. The van der Waals surface area contributed by atoms with Crippen LogP contribution in [0.25, 0.3) is 0 Å². The molecular formula is C17H19NO3S. The third-order valence-electron chi connectivity index (χ3n) is 3.94. The number of carboxylic acids is 1. The smallest absolute Gasteiger partial charge is 0.334 e. The summed E-state index contributed by atoms with van der Waals surface area (Å²) in [6.45, 7) is 3.54. The van der Waals surface area contributed by atoms with Gasteiger partial charge < -0.3 is 10.4 Å². The first-order valence-electron chi connectivity index (χ1n) is 7.14. The van der Waals surface area contributed by atoms with Gasteiger partial charge in [-0.3, -0.25) is 4.79 Å². The molecule has 0 radical (unpaired) electrons. The second-order valence-electron chi connectivity index (χ2n) is 5.20. The maximum atomic E-state index is 12.5. The molecule has 0 aliphatic rings. The second kappa shape index (κ2) is 6.75. The van der Waals surface area contributed by atoms with Gasteiger partial charge in [-0.1, -0.05) is 37.3 Å². The molecule has 2 aromatic rings. The second-order valence-corrected chi connectivity index (χ2v) is 5.98. The van der Waals surface area contributed by atoms with Crippen molar-refractivity contribution in [2.45, 2.75) is 31.7 Å². The highest BCUT2D eigenvalue weighted by atomic mass is 32.1. The summed E-state index contributed by atoms with van der Waals surface area (Å²) in [7, 11) is 0. The minimum absolute atomic E-state index is 0.272. The van der Waals surface area contributed by atoms with Crippen LogP contribution in [0.3, 0.4) is 0 Å². The predicted molar refractivity (Wildman–Crippen MR) is 86.9 cm³/mol. The number of carbonyl (C=O) groups excluding carboxylic acids is 1. The molecule has 4 nitrogen and oxygen atoms in total. The molecule has 0 spiro atoms. The summed E-state index contributed by atoms with van der Waals surface area (Å²) in [6.07, 6.45) is 0.272. The normalized spacial score (nSPS) is 14.8. The fourth-order valence-electron chi connectivity index (χ4n) is 2.41. The van der Waals surface area contributed by atoms with E-state index >= 15 is 0 Å². The van der Waals surface area contributed by atoms with Crippen LogP contribution in [0, 0.1) is 0 Å². The summed E-state index contributed by atoms with van der Waals surface area (Å²) in [4.78, 5) is 24.4. The number of rotatable bonds is 6. The highest BCUT2D eigenvalue weighted by molar-refractivity contribution is 7.08. The van der Waals surface area contributed by atoms with Crippen molar-refractivity contribution in [1.29, 1.82) is 0 Å². The van der Waals surface area contributed by atoms with E-state index in [1.807, 2.05) is 22.9 Å². The van der Waals surface area contributed by atoms with E-state index < -0.39 is 11.5 Å². The van der Waals surface area contributed by atoms with Gasteiger partial charge in [0.15, 0.2) is 5.54 Å². The fraction of sp³-hybridized carbons (Fsp3) is 0.294. The molecule has 1 aromatic carbocycles. The quantitative estimate of drug-likeness (QED) is 0.858. The number of hydrogen-bond donors (Lipinski definition) is 2. The number of benzene rings is 1. The molecule has 0 saturated heterocycles. The van der Waals surface area contributed by atoms with Gasteiger partial charge >= 0.3 is 5.97 Å². The standard InChI is InChI=1S/C17H19NO3S/c1-3-17(16(20)21,14-7-5-4-6-8-14)18-15(19)12(2)13-9-10-22-11-13/h4-12H,3H2,1-2H3,(H,18,19)(H,20,21). The third-order valence-corrected chi connectivity index (χ3v) is 4.64. The van der Waals surface area contributed by atoms with Gasteiger partial charge in [0.05, 0.1) is 5.92 Å². The summed E-state index contributed by atoms with van der Waals surface area (Å²) in [5, 5.41) is 16.3. The van der Waals surface area contributed by atoms with Gasteiger partial charge in [0, 0.05) is 0 Å². The first kappa shape index (κ1) is 16.2. The van der Waals surface area contributed by atoms with Crippen molar-refractivity contribution in [3.8, 4) is 0 Å². The Morgan fingerprint density at radius 2 is 1.95 bits per heavy atom. The van der Waals surface area contributed by atoms with E-state index in [-0.39, 0.29) is 18.2 Å². The number of carboxylic acid groups (broad SMARTS) is 1. The monoisotopic (exact) mass is 317 g/mol. The van der Waals surface area contributed by atoms with Crippen molar-refractivity contribution >= 4 is 23.2 Å². The van der Waals surface area contributed by atoms with Crippen LogP contribution in [0.5, 0.6) is 0 Å². The van der Waals surface area contributed by atoms with E-state index in [0.29, 0.717) is 5.56 Å². The molecule has 1 heterocycles. The average Bonchev–Trinajstić information content (AvgIpc) is 3.06. The Hall–Kier alpha value is -2.14. The predicted octanol–water partition coefficient (Wildman–Crippen LogP) is 3.36. The molecule has 22 heavy (non-hydrogen) atoms. The summed E-state index contributed by atoms with van der Waals surface area (Å²) in [6, 6.07) is 10.7. The Kier molecular flexibility index (Phi) is 4.98. The van der Waals surface area contributed by atoms with Gasteiger partial charge in [-0.05, 0) is 41.3 Å². The minimum atomic E-state index is -1.40. The Labute approximate surface area is 133 Å². The molecule has 5 heteroatoms. The molecular weight excluding hydrogens is 298 g/mol. The molecule has 0 aliphatic heterocycles. The van der Waals surface area contributed by atoms with Gasteiger partial charge in [0.2, 0.25) is 5.91 Å². The number of thiophene rings is 1. The zero-order chi connectivity index (χ0) is 16.2. The summed E-state index contributed by atoms with van der Waals surface area (Å²) in [5.41, 5.74) is 0.0737. The molecule has 0 bridgehead atoms. The van der Waals surface area contributed by atoms with Crippen molar-refractivity contribution in [3.05, 3.63) is 58.3 Å². The first-order chi connectivity index (χ1) is 10.5. The van der Waals surface area contributed by atoms with E-state index in [1.165, 1.54) is 11.3 Å². The maximum Gasteiger partial charge on any atom is 0.334 e. The minimum Gasteiger partial charge on any atom is -0.479 e. The number of carbonyl (C=O) groups is 2. The molecule has 0 aliphatic carbocycles. The Bertz CT molecular complexity index is 639. The lowest BCUT2D eigenvalue weighted by Gasteiger charge is -2.31. The molecule has 2 N–H and O–H groups in total. The van der Waals surface area contributed by atoms with E-state index in [4.69, 9.17) is 0 Å². The van der Waals surface area contributed by atoms with Crippen LogP contribution in [0.4, 0.5) is 0 Å². The lowest BCUT2D eigenvalue weighted by Crippen LogP contribution is -2.52. The number of aliphatic carboxylic acids is 1. The van der Waals surface area contributed by atoms with Crippen LogP contribution in [0.15, 0.2) is 47.2 Å².